The fraction of sp³-hybridized carbons (Fsp3) is 0.579. The number of aliphatic carboxylic acids is 2. The van der Waals surface area contributed by atoms with Crippen molar-refractivity contribution >= 4 is 29.7 Å². The lowest BCUT2D eigenvalue weighted by Crippen LogP contribution is -2.58. The van der Waals surface area contributed by atoms with E-state index in [1.165, 1.54) is 12.5 Å². The fourth-order valence-corrected chi connectivity index (χ4v) is 2.82. The molecule has 33 heavy (non-hydrogen) atoms. The Kier molecular flexibility index (Phi) is 10.9. The Hall–Kier alpha value is -3.52. The van der Waals surface area contributed by atoms with Crippen molar-refractivity contribution in [1.29, 1.82) is 0 Å². The first-order valence-corrected chi connectivity index (χ1v) is 10.1. The zero-order valence-electron chi connectivity index (χ0n) is 18.3. The zero-order chi connectivity index (χ0) is 25.1. The molecule has 1 aromatic rings. The van der Waals surface area contributed by atoms with Crippen molar-refractivity contribution in [3.8, 4) is 0 Å². The van der Waals surface area contributed by atoms with E-state index < -0.39 is 66.9 Å². The van der Waals surface area contributed by atoms with E-state index >= 15 is 0 Å². The Morgan fingerprint density at radius 1 is 1.00 bits per heavy atom. The van der Waals surface area contributed by atoms with Crippen LogP contribution in [0.15, 0.2) is 12.5 Å². The van der Waals surface area contributed by atoms with Crippen LogP contribution in [-0.2, 0) is 30.4 Å². The second kappa shape index (κ2) is 13.1. The van der Waals surface area contributed by atoms with Gasteiger partial charge in [-0.3, -0.25) is 19.2 Å². The number of hydrogen-bond acceptors (Lipinski definition) is 8. The summed E-state index contributed by atoms with van der Waals surface area (Å²) in [5.41, 5.74) is 6.51. The van der Waals surface area contributed by atoms with Crippen LogP contribution in [-0.4, -0.2) is 85.7 Å². The van der Waals surface area contributed by atoms with E-state index in [1.807, 2.05) is 5.32 Å². The topological polar surface area (TPSA) is 237 Å². The van der Waals surface area contributed by atoms with E-state index in [0.29, 0.717) is 5.69 Å². The molecule has 0 aliphatic carbocycles. The van der Waals surface area contributed by atoms with Gasteiger partial charge in [0.05, 0.1) is 25.4 Å². The number of carboxylic acids is 2. The van der Waals surface area contributed by atoms with E-state index in [1.54, 1.807) is 13.8 Å². The molecule has 0 saturated heterocycles. The number of nitrogens with one attached hydrogen (secondary N) is 4. The Morgan fingerprint density at radius 2 is 1.58 bits per heavy atom. The maximum Gasteiger partial charge on any atom is 0.326 e. The van der Waals surface area contributed by atoms with E-state index in [0.717, 1.165) is 0 Å². The van der Waals surface area contributed by atoms with Gasteiger partial charge in [-0.2, -0.15) is 0 Å². The molecule has 14 heteroatoms. The van der Waals surface area contributed by atoms with E-state index in [2.05, 4.69) is 20.6 Å². The smallest absolute Gasteiger partial charge is 0.326 e. The summed E-state index contributed by atoms with van der Waals surface area (Å²) in [5.74, 6) is -5.61. The van der Waals surface area contributed by atoms with E-state index in [-0.39, 0.29) is 18.8 Å². The SMILES string of the molecule is CC(C)CC(NC(=O)C(N)Cc1cnc[nH]1)C(=O)NC(CO)C(=O)NC(CC(=O)O)C(=O)O. The summed E-state index contributed by atoms with van der Waals surface area (Å²) in [5, 5.41) is 34.0. The van der Waals surface area contributed by atoms with Crippen molar-refractivity contribution in [3.05, 3.63) is 18.2 Å². The molecule has 0 spiro atoms. The summed E-state index contributed by atoms with van der Waals surface area (Å²) in [7, 11) is 0. The Labute approximate surface area is 189 Å². The van der Waals surface area contributed by atoms with Crippen molar-refractivity contribution in [1.82, 2.24) is 25.9 Å². The highest BCUT2D eigenvalue weighted by atomic mass is 16.4. The minimum Gasteiger partial charge on any atom is -0.481 e. The number of aliphatic hydroxyl groups excluding tert-OH is 1. The summed E-state index contributed by atoms with van der Waals surface area (Å²) >= 11 is 0. The van der Waals surface area contributed by atoms with Crippen LogP contribution in [0, 0.1) is 5.92 Å². The maximum atomic E-state index is 12.7. The van der Waals surface area contributed by atoms with Crippen LogP contribution in [0.4, 0.5) is 0 Å². The van der Waals surface area contributed by atoms with Crippen LogP contribution >= 0.6 is 0 Å². The van der Waals surface area contributed by atoms with Gasteiger partial charge in [0.1, 0.15) is 18.1 Å². The molecule has 0 radical (unpaired) electrons. The van der Waals surface area contributed by atoms with Gasteiger partial charge in [-0.15, -0.1) is 0 Å². The van der Waals surface area contributed by atoms with Crippen molar-refractivity contribution in [3.63, 3.8) is 0 Å². The largest absolute Gasteiger partial charge is 0.481 e. The molecule has 4 atom stereocenters. The van der Waals surface area contributed by atoms with E-state index in [4.69, 9.17) is 15.9 Å². The standard InChI is InChI=1S/C19H30N6O8/c1-9(2)3-12(23-16(29)11(20)4-10-6-21-8-22-10)17(30)25-14(7-26)18(31)24-13(19(32)33)5-15(27)28/h6,8-9,11-14,26H,3-5,7,20H2,1-2H3,(H,21,22)(H,23,29)(H,24,31)(H,25,30)(H,27,28)(H,32,33). The van der Waals surface area contributed by atoms with Gasteiger partial charge in [0.25, 0.3) is 0 Å². The summed E-state index contributed by atoms with van der Waals surface area (Å²) in [6.07, 6.45) is 2.37. The number of hydrogen-bond donors (Lipinski definition) is 8. The monoisotopic (exact) mass is 470 g/mol. The van der Waals surface area contributed by atoms with Crippen LogP contribution in [0.1, 0.15) is 32.4 Å². The quantitative estimate of drug-likeness (QED) is 0.140. The third-order valence-corrected chi connectivity index (χ3v) is 4.48. The molecule has 1 aromatic heterocycles. The van der Waals surface area contributed by atoms with Crippen molar-refractivity contribution in [2.45, 2.75) is 57.3 Å². The highest BCUT2D eigenvalue weighted by Gasteiger charge is 2.31. The summed E-state index contributed by atoms with van der Waals surface area (Å²) in [4.78, 5) is 66.1. The number of nitrogens with two attached hydrogens (primary N) is 1. The van der Waals surface area contributed by atoms with Gasteiger partial charge < -0.3 is 42.0 Å². The molecular formula is C19H30N6O8. The molecule has 1 rings (SSSR count). The first kappa shape index (κ1) is 27.5. The average molecular weight is 470 g/mol. The first-order valence-electron chi connectivity index (χ1n) is 10.1. The molecule has 4 unspecified atom stereocenters. The second-order valence-electron chi connectivity index (χ2n) is 7.82. The normalized spacial score (nSPS) is 14.6. The van der Waals surface area contributed by atoms with Crippen LogP contribution < -0.4 is 21.7 Å². The second-order valence-corrected chi connectivity index (χ2v) is 7.82. The Bertz CT molecular complexity index is 828. The molecule has 0 bridgehead atoms. The molecule has 0 saturated carbocycles. The number of H-pyrrole nitrogens is 1. The first-order chi connectivity index (χ1) is 15.4. The molecule has 9 N–H and O–H groups in total. The minimum atomic E-state index is -1.76. The van der Waals surface area contributed by atoms with Crippen LogP contribution in [0.2, 0.25) is 0 Å². The van der Waals surface area contributed by atoms with E-state index in [9.17, 15) is 29.1 Å². The Balaban J connectivity index is 2.83. The molecule has 14 nitrogen and oxygen atoms in total. The predicted octanol–water partition coefficient (Wildman–Crippen LogP) is -2.67. The molecule has 3 amide bonds. The third-order valence-electron chi connectivity index (χ3n) is 4.48. The number of carbonyl (C=O) groups is 5. The summed E-state index contributed by atoms with van der Waals surface area (Å²) in [6, 6.07) is -5.41. The lowest BCUT2D eigenvalue weighted by atomic mass is 10.0. The molecule has 0 aliphatic rings. The molecule has 184 valence electrons. The average Bonchev–Trinajstić information content (AvgIpc) is 3.22. The molecule has 0 aromatic carbocycles. The number of rotatable bonds is 14. The number of aromatic nitrogens is 2. The van der Waals surface area contributed by atoms with Gasteiger partial charge >= 0.3 is 11.9 Å². The number of carbonyl (C=O) groups excluding carboxylic acids is 3. The summed E-state index contributed by atoms with van der Waals surface area (Å²) < 4.78 is 0. The highest BCUT2D eigenvalue weighted by molar-refractivity contribution is 5.94. The van der Waals surface area contributed by atoms with Crippen LogP contribution in [0.25, 0.3) is 0 Å². The van der Waals surface area contributed by atoms with Crippen LogP contribution in [0.5, 0.6) is 0 Å². The number of imidazole rings is 1. The number of nitrogens with zero attached hydrogens (tertiary/aromatic N) is 1. The van der Waals surface area contributed by atoms with Crippen LogP contribution in [0.3, 0.4) is 0 Å². The van der Waals surface area contributed by atoms with Gasteiger partial charge in [0.2, 0.25) is 17.7 Å². The molecule has 0 fully saturated rings. The maximum absolute atomic E-state index is 12.7. The van der Waals surface area contributed by atoms with Gasteiger partial charge in [-0.25, -0.2) is 9.78 Å². The van der Waals surface area contributed by atoms with Gasteiger partial charge in [-0.1, -0.05) is 13.8 Å². The predicted molar refractivity (Wildman–Crippen MR) is 112 cm³/mol. The zero-order valence-corrected chi connectivity index (χ0v) is 18.3. The lowest BCUT2D eigenvalue weighted by Gasteiger charge is -2.25. The molecule has 0 aliphatic heterocycles. The van der Waals surface area contributed by atoms with Gasteiger partial charge in [0.15, 0.2) is 0 Å². The van der Waals surface area contributed by atoms with Crippen molar-refractivity contribution in [2.24, 2.45) is 11.7 Å². The number of aliphatic hydroxyl groups is 1. The fourth-order valence-electron chi connectivity index (χ4n) is 2.82. The van der Waals surface area contributed by atoms with Crippen molar-refractivity contribution in [2.75, 3.05) is 6.61 Å². The van der Waals surface area contributed by atoms with Crippen molar-refractivity contribution < 1.29 is 39.3 Å². The number of carboxylic acid groups (broad SMARTS) is 2. The Morgan fingerprint density at radius 3 is 2.06 bits per heavy atom. The van der Waals surface area contributed by atoms with Gasteiger partial charge in [-0.05, 0) is 12.3 Å². The molecule has 1 heterocycles. The van der Waals surface area contributed by atoms with Gasteiger partial charge in [0, 0.05) is 18.3 Å². The third kappa shape index (κ3) is 9.65. The lowest BCUT2D eigenvalue weighted by molar-refractivity contribution is -0.147. The number of aromatic amines is 1. The minimum absolute atomic E-state index is 0.0433. The number of amides is 3. The summed E-state index contributed by atoms with van der Waals surface area (Å²) in [6.45, 7) is 2.71. The molecular weight excluding hydrogens is 440 g/mol. The highest BCUT2D eigenvalue weighted by Crippen LogP contribution is 2.07.